The van der Waals surface area contributed by atoms with E-state index in [1.165, 1.54) is 4.68 Å². The Morgan fingerprint density at radius 3 is 2.62 bits per heavy atom. The molecule has 5 nitrogen and oxygen atoms in total. The number of hydrogen-bond donors (Lipinski definition) is 0. The molecule has 0 N–H and O–H groups in total. The molecule has 130 valence electrons. The number of nitrogens with zero attached hydrogens (tertiary/aromatic N) is 4. The van der Waals surface area contributed by atoms with Crippen molar-refractivity contribution in [1.29, 1.82) is 0 Å². The topological polar surface area (TPSA) is 60.7 Å². The second kappa shape index (κ2) is 6.63. The van der Waals surface area contributed by atoms with Gasteiger partial charge in [0.1, 0.15) is 10.0 Å². The zero-order chi connectivity index (χ0) is 18.3. The average molecular weight is 383 g/mol. The van der Waals surface area contributed by atoms with Crippen LogP contribution in [0.15, 0.2) is 47.3 Å². The van der Waals surface area contributed by atoms with E-state index in [-0.39, 0.29) is 12.1 Å². The average Bonchev–Trinajstić information content (AvgIpc) is 3.04. The highest BCUT2D eigenvalue weighted by Gasteiger charge is 2.16. The minimum Gasteiger partial charge on any atom is -0.267 e. The lowest BCUT2D eigenvalue weighted by molar-refractivity contribution is 0.637. The normalized spacial score (nSPS) is 11.2. The van der Waals surface area contributed by atoms with Crippen LogP contribution in [0.1, 0.15) is 16.8 Å². The summed E-state index contributed by atoms with van der Waals surface area (Å²) >= 11 is 7.21. The SMILES string of the molecule is Cc1ccc(C)c(-c2nn(Cc3nnsc3Cl)c(=O)c3ccccc23)c1. The van der Waals surface area contributed by atoms with E-state index in [2.05, 4.69) is 32.9 Å². The van der Waals surface area contributed by atoms with E-state index in [1.807, 2.05) is 38.1 Å². The molecule has 2 aromatic heterocycles. The molecule has 0 saturated heterocycles. The van der Waals surface area contributed by atoms with Gasteiger partial charge < -0.3 is 0 Å². The van der Waals surface area contributed by atoms with Gasteiger partial charge in [-0.05, 0) is 31.5 Å². The van der Waals surface area contributed by atoms with Crippen LogP contribution in [0.4, 0.5) is 0 Å². The van der Waals surface area contributed by atoms with E-state index in [1.54, 1.807) is 0 Å². The van der Waals surface area contributed by atoms with Crippen LogP contribution >= 0.6 is 23.1 Å². The molecule has 0 unspecified atom stereocenters. The van der Waals surface area contributed by atoms with Crippen molar-refractivity contribution < 1.29 is 0 Å². The summed E-state index contributed by atoms with van der Waals surface area (Å²) < 4.78 is 5.72. The first-order valence-electron chi connectivity index (χ1n) is 8.09. The molecule has 0 aliphatic heterocycles. The molecule has 0 aliphatic rings. The second-order valence-electron chi connectivity index (χ2n) is 6.17. The molecule has 26 heavy (non-hydrogen) atoms. The summed E-state index contributed by atoms with van der Waals surface area (Å²) in [5.41, 5.74) is 4.41. The van der Waals surface area contributed by atoms with Crippen molar-refractivity contribution in [3.05, 3.63) is 74.0 Å². The summed E-state index contributed by atoms with van der Waals surface area (Å²) in [6.07, 6.45) is 0. The van der Waals surface area contributed by atoms with Gasteiger partial charge in [0.05, 0.1) is 17.6 Å². The first-order chi connectivity index (χ1) is 12.5. The standard InChI is InChI=1S/C19H15ClN4OS/c1-11-7-8-12(2)15(9-11)17-13-5-3-4-6-14(13)19(25)24(22-17)10-16-18(20)26-23-21-16/h3-9H,10H2,1-2H3. The number of benzene rings is 2. The Kier molecular flexibility index (Phi) is 4.30. The summed E-state index contributed by atoms with van der Waals surface area (Å²) in [6.45, 7) is 4.28. The smallest absolute Gasteiger partial charge is 0.267 e. The van der Waals surface area contributed by atoms with E-state index >= 15 is 0 Å². The molecule has 2 heterocycles. The van der Waals surface area contributed by atoms with Crippen LogP contribution in [-0.4, -0.2) is 19.4 Å². The van der Waals surface area contributed by atoms with Gasteiger partial charge in [0, 0.05) is 22.5 Å². The molecule has 0 atom stereocenters. The first kappa shape index (κ1) is 16.9. The van der Waals surface area contributed by atoms with Crippen molar-refractivity contribution in [2.75, 3.05) is 0 Å². The molecule has 2 aromatic carbocycles. The van der Waals surface area contributed by atoms with Gasteiger partial charge in [-0.25, -0.2) is 4.68 Å². The van der Waals surface area contributed by atoms with Crippen molar-refractivity contribution >= 4 is 33.9 Å². The quantitative estimate of drug-likeness (QED) is 0.532. The predicted octanol–water partition coefficient (Wildman–Crippen LogP) is 4.23. The van der Waals surface area contributed by atoms with E-state index < -0.39 is 0 Å². The summed E-state index contributed by atoms with van der Waals surface area (Å²) in [5, 5.41) is 10.1. The van der Waals surface area contributed by atoms with E-state index in [9.17, 15) is 4.79 Å². The highest BCUT2D eigenvalue weighted by atomic mass is 35.5. The van der Waals surface area contributed by atoms with Gasteiger partial charge in [0.25, 0.3) is 5.56 Å². The molecule has 0 saturated carbocycles. The number of fused-ring (bicyclic) bond motifs is 1. The lowest BCUT2D eigenvalue weighted by Crippen LogP contribution is -2.24. The molecule has 0 amide bonds. The third-order valence-electron chi connectivity index (χ3n) is 4.32. The van der Waals surface area contributed by atoms with Gasteiger partial charge in [-0.1, -0.05) is 52.0 Å². The molecular weight excluding hydrogens is 368 g/mol. The molecule has 0 aliphatic carbocycles. The molecule has 0 bridgehead atoms. The van der Waals surface area contributed by atoms with Gasteiger partial charge in [0.2, 0.25) is 0 Å². The fourth-order valence-corrected chi connectivity index (χ4v) is 3.58. The van der Waals surface area contributed by atoms with Crippen molar-refractivity contribution in [2.45, 2.75) is 20.4 Å². The lowest BCUT2D eigenvalue weighted by atomic mass is 9.99. The minimum absolute atomic E-state index is 0.168. The van der Waals surface area contributed by atoms with Crippen molar-refractivity contribution in [3.8, 4) is 11.3 Å². The fourth-order valence-electron chi connectivity index (χ4n) is 2.97. The van der Waals surface area contributed by atoms with Crippen LogP contribution < -0.4 is 5.56 Å². The number of aromatic nitrogens is 4. The highest BCUT2D eigenvalue weighted by molar-refractivity contribution is 7.10. The maximum Gasteiger partial charge on any atom is 0.275 e. The van der Waals surface area contributed by atoms with Gasteiger partial charge >= 0.3 is 0 Å². The van der Waals surface area contributed by atoms with Gasteiger partial charge in [-0.2, -0.15) is 5.10 Å². The maximum absolute atomic E-state index is 12.9. The fraction of sp³-hybridized carbons (Fsp3) is 0.158. The van der Waals surface area contributed by atoms with Crippen molar-refractivity contribution in [3.63, 3.8) is 0 Å². The van der Waals surface area contributed by atoms with Gasteiger partial charge in [-0.15, -0.1) is 5.10 Å². The summed E-state index contributed by atoms with van der Waals surface area (Å²) in [4.78, 5) is 12.9. The number of rotatable bonds is 3. The molecule has 4 rings (SSSR count). The Bertz CT molecular complexity index is 1180. The van der Waals surface area contributed by atoms with Gasteiger partial charge in [-0.3, -0.25) is 4.79 Å². The summed E-state index contributed by atoms with van der Waals surface area (Å²) in [7, 11) is 0. The van der Waals surface area contributed by atoms with Crippen LogP contribution in [0.3, 0.4) is 0 Å². The maximum atomic E-state index is 12.9. The van der Waals surface area contributed by atoms with Crippen LogP contribution in [0.5, 0.6) is 0 Å². The zero-order valence-corrected chi connectivity index (χ0v) is 15.8. The Balaban J connectivity index is 2.00. The van der Waals surface area contributed by atoms with Gasteiger partial charge in [0.15, 0.2) is 0 Å². The minimum atomic E-state index is -0.168. The number of halogens is 1. The zero-order valence-electron chi connectivity index (χ0n) is 14.2. The molecule has 7 heteroatoms. The molecule has 4 aromatic rings. The molecular formula is C19H15ClN4OS. The van der Waals surface area contributed by atoms with Crippen LogP contribution in [-0.2, 0) is 6.54 Å². The Morgan fingerprint density at radius 1 is 1.12 bits per heavy atom. The third-order valence-corrected chi connectivity index (χ3v) is 5.31. The monoisotopic (exact) mass is 382 g/mol. The predicted molar refractivity (Wildman–Crippen MR) is 105 cm³/mol. The summed E-state index contributed by atoms with van der Waals surface area (Å²) in [5.74, 6) is 0. The van der Waals surface area contributed by atoms with Crippen LogP contribution in [0, 0.1) is 13.8 Å². The van der Waals surface area contributed by atoms with E-state index in [0.717, 1.165) is 39.3 Å². The molecule has 0 radical (unpaired) electrons. The van der Waals surface area contributed by atoms with E-state index in [4.69, 9.17) is 11.6 Å². The second-order valence-corrected chi connectivity index (χ2v) is 7.52. The Hall–Kier alpha value is -2.57. The number of hydrogen-bond acceptors (Lipinski definition) is 5. The van der Waals surface area contributed by atoms with Crippen molar-refractivity contribution in [1.82, 2.24) is 19.4 Å². The number of aryl methyl sites for hydroxylation is 2. The van der Waals surface area contributed by atoms with Crippen molar-refractivity contribution in [2.24, 2.45) is 0 Å². The lowest BCUT2D eigenvalue weighted by Gasteiger charge is -2.13. The Labute approximate surface area is 159 Å². The third kappa shape index (κ3) is 2.91. The summed E-state index contributed by atoms with van der Waals surface area (Å²) in [6, 6.07) is 13.8. The first-order valence-corrected chi connectivity index (χ1v) is 9.24. The Morgan fingerprint density at radius 2 is 1.88 bits per heavy atom. The van der Waals surface area contributed by atoms with E-state index in [0.29, 0.717) is 15.4 Å². The highest BCUT2D eigenvalue weighted by Crippen LogP contribution is 2.28. The van der Waals surface area contributed by atoms with Crippen LogP contribution in [0.25, 0.3) is 22.0 Å². The largest absolute Gasteiger partial charge is 0.275 e. The van der Waals surface area contributed by atoms with Crippen LogP contribution in [0.2, 0.25) is 4.34 Å². The molecule has 0 spiro atoms. The molecule has 0 fully saturated rings.